The van der Waals surface area contributed by atoms with Crippen LogP contribution in [0.4, 0.5) is 11.5 Å². The number of fused-ring (bicyclic) bond motifs is 2. The first kappa shape index (κ1) is 22.2. The van der Waals surface area contributed by atoms with E-state index in [1.165, 1.54) is 5.56 Å². The fourth-order valence-electron chi connectivity index (χ4n) is 4.27. The van der Waals surface area contributed by atoms with Gasteiger partial charge in [-0.2, -0.15) is 5.26 Å². The van der Waals surface area contributed by atoms with Crippen molar-refractivity contribution in [2.45, 2.75) is 6.92 Å². The first-order valence-corrected chi connectivity index (χ1v) is 11.8. The lowest BCUT2D eigenvalue weighted by Crippen LogP contribution is -1.99. The van der Waals surface area contributed by atoms with E-state index < -0.39 is 0 Å². The van der Waals surface area contributed by atoms with Gasteiger partial charge in [0.1, 0.15) is 17.2 Å². The summed E-state index contributed by atoms with van der Waals surface area (Å²) in [7, 11) is 0. The fraction of sp³-hybridized carbons (Fsp3) is 0.0323. The molecule has 0 spiro atoms. The zero-order chi connectivity index (χ0) is 25.2. The minimum atomic E-state index is 0.565. The summed E-state index contributed by atoms with van der Waals surface area (Å²) < 4.78 is 6.14. The Morgan fingerprint density at radius 2 is 1.57 bits per heavy atom. The Kier molecular flexibility index (Phi) is 5.64. The largest absolute Gasteiger partial charge is 0.457 e. The second-order valence-electron chi connectivity index (χ2n) is 8.71. The van der Waals surface area contributed by atoms with Gasteiger partial charge in [0.2, 0.25) is 0 Å². The molecule has 176 valence electrons. The van der Waals surface area contributed by atoms with Crippen LogP contribution in [0, 0.1) is 18.3 Å². The lowest BCUT2D eigenvalue weighted by Gasteiger charge is -2.12. The van der Waals surface area contributed by atoms with E-state index in [4.69, 9.17) is 10.00 Å². The molecule has 6 aromatic rings. The normalized spacial score (nSPS) is 10.8. The van der Waals surface area contributed by atoms with Gasteiger partial charge < -0.3 is 10.1 Å². The molecular formula is C31H21N5O. The van der Waals surface area contributed by atoms with Crippen LogP contribution in [0.25, 0.3) is 32.9 Å². The summed E-state index contributed by atoms with van der Waals surface area (Å²) in [5.74, 6) is 2.06. The molecule has 0 unspecified atom stereocenters. The number of nitriles is 1. The van der Waals surface area contributed by atoms with E-state index in [1.54, 1.807) is 18.3 Å². The van der Waals surface area contributed by atoms with E-state index in [-0.39, 0.29) is 0 Å². The molecule has 0 saturated carbocycles. The van der Waals surface area contributed by atoms with Crippen LogP contribution in [0.15, 0.2) is 103 Å². The first-order valence-electron chi connectivity index (χ1n) is 11.8. The molecule has 0 aliphatic rings. The SMILES string of the molecule is Cc1ccc(-c2nnc(Nc3ccc(Oc4ccnc5cc(C#N)ccc45)cc3)c3ccccc23)cc1. The second kappa shape index (κ2) is 9.40. The third kappa shape index (κ3) is 4.42. The molecule has 2 heterocycles. The van der Waals surface area contributed by atoms with Crippen LogP contribution in [0.2, 0.25) is 0 Å². The Balaban J connectivity index is 1.26. The highest BCUT2D eigenvalue weighted by atomic mass is 16.5. The molecule has 0 atom stereocenters. The van der Waals surface area contributed by atoms with E-state index in [0.717, 1.165) is 38.6 Å². The number of nitrogens with one attached hydrogen (secondary N) is 1. The number of pyridine rings is 1. The number of hydrogen-bond acceptors (Lipinski definition) is 6. The molecule has 6 nitrogen and oxygen atoms in total. The van der Waals surface area contributed by atoms with Crippen LogP contribution in [0.3, 0.4) is 0 Å². The van der Waals surface area contributed by atoms with Crippen molar-refractivity contribution in [2.75, 3.05) is 5.32 Å². The van der Waals surface area contributed by atoms with Gasteiger partial charge in [-0.05, 0) is 55.5 Å². The summed E-state index contributed by atoms with van der Waals surface area (Å²) in [6.07, 6.45) is 1.68. The molecule has 0 bridgehead atoms. The first-order chi connectivity index (χ1) is 18.2. The van der Waals surface area contributed by atoms with E-state index in [9.17, 15) is 0 Å². The number of nitrogens with zero attached hydrogens (tertiary/aromatic N) is 4. The molecule has 2 aromatic heterocycles. The Morgan fingerprint density at radius 1 is 0.784 bits per heavy atom. The minimum absolute atomic E-state index is 0.565. The maximum Gasteiger partial charge on any atom is 0.161 e. The Labute approximate surface area is 213 Å². The zero-order valence-electron chi connectivity index (χ0n) is 20.0. The molecule has 0 aliphatic carbocycles. The quantitative estimate of drug-likeness (QED) is 0.275. The van der Waals surface area contributed by atoms with Crippen molar-refractivity contribution >= 4 is 33.2 Å². The lowest BCUT2D eigenvalue weighted by atomic mass is 10.0. The van der Waals surface area contributed by atoms with Gasteiger partial charge in [-0.25, -0.2) is 0 Å². The van der Waals surface area contributed by atoms with Gasteiger partial charge in [-0.3, -0.25) is 4.98 Å². The van der Waals surface area contributed by atoms with Crippen molar-refractivity contribution in [1.29, 1.82) is 5.26 Å². The fourth-order valence-corrected chi connectivity index (χ4v) is 4.27. The van der Waals surface area contributed by atoms with Crippen LogP contribution in [0.5, 0.6) is 11.5 Å². The monoisotopic (exact) mass is 479 g/mol. The molecule has 37 heavy (non-hydrogen) atoms. The van der Waals surface area contributed by atoms with E-state index in [0.29, 0.717) is 22.9 Å². The van der Waals surface area contributed by atoms with Gasteiger partial charge >= 0.3 is 0 Å². The Bertz CT molecular complexity index is 1790. The van der Waals surface area contributed by atoms with Crippen molar-refractivity contribution in [3.8, 4) is 28.8 Å². The second-order valence-corrected chi connectivity index (χ2v) is 8.71. The van der Waals surface area contributed by atoms with Gasteiger partial charge in [0.05, 0.1) is 17.1 Å². The third-order valence-electron chi connectivity index (χ3n) is 6.19. The highest BCUT2D eigenvalue weighted by molar-refractivity contribution is 6.00. The lowest BCUT2D eigenvalue weighted by molar-refractivity contribution is 0.488. The van der Waals surface area contributed by atoms with Gasteiger partial charge in [0.15, 0.2) is 5.82 Å². The topological polar surface area (TPSA) is 83.7 Å². The van der Waals surface area contributed by atoms with Crippen LogP contribution >= 0.6 is 0 Å². The van der Waals surface area contributed by atoms with Crippen LogP contribution in [-0.4, -0.2) is 15.2 Å². The summed E-state index contributed by atoms with van der Waals surface area (Å²) in [5.41, 5.74) is 5.25. The zero-order valence-corrected chi connectivity index (χ0v) is 20.0. The van der Waals surface area contributed by atoms with E-state index >= 15 is 0 Å². The van der Waals surface area contributed by atoms with Crippen LogP contribution < -0.4 is 10.1 Å². The van der Waals surface area contributed by atoms with Gasteiger partial charge in [0, 0.05) is 33.6 Å². The summed E-state index contributed by atoms with van der Waals surface area (Å²) >= 11 is 0. The molecule has 0 radical (unpaired) electrons. The van der Waals surface area contributed by atoms with Crippen LogP contribution in [0.1, 0.15) is 11.1 Å². The number of rotatable bonds is 5. The number of aromatic nitrogens is 3. The molecule has 1 N–H and O–H groups in total. The van der Waals surface area contributed by atoms with E-state index in [1.807, 2.05) is 54.6 Å². The highest BCUT2D eigenvalue weighted by Crippen LogP contribution is 2.33. The maximum absolute atomic E-state index is 9.14. The summed E-state index contributed by atoms with van der Waals surface area (Å²) in [6, 6.07) is 33.5. The molecular weight excluding hydrogens is 458 g/mol. The number of ether oxygens (including phenoxy) is 1. The van der Waals surface area contributed by atoms with Crippen molar-refractivity contribution in [3.63, 3.8) is 0 Å². The van der Waals surface area contributed by atoms with Crippen molar-refractivity contribution in [3.05, 3.63) is 114 Å². The molecule has 6 heteroatoms. The average Bonchev–Trinajstić information content (AvgIpc) is 2.95. The Hall–Kier alpha value is -5.28. The molecule has 0 amide bonds. The summed E-state index contributed by atoms with van der Waals surface area (Å²) in [6.45, 7) is 2.07. The minimum Gasteiger partial charge on any atom is -0.457 e. The summed E-state index contributed by atoms with van der Waals surface area (Å²) in [5, 5.41) is 24.5. The average molecular weight is 480 g/mol. The van der Waals surface area contributed by atoms with Gasteiger partial charge in [-0.15, -0.1) is 10.2 Å². The predicted molar refractivity (Wildman–Crippen MR) is 146 cm³/mol. The summed E-state index contributed by atoms with van der Waals surface area (Å²) in [4.78, 5) is 4.35. The van der Waals surface area contributed by atoms with Crippen molar-refractivity contribution in [2.24, 2.45) is 0 Å². The van der Waals surface area contributed by atoms with Crippen molar-refractivity contribution in [1.82, 2.24) is 15.2 Å². The molecule has 0 fully saturated rings. The van der Waals surface area contributed by atoms with Crippen molar-refractivity contribution < 1.29 is 4.74 Å². The van der Waals surface area contributed by atoms with E-state index in [2.05, 4.69) is 63.8 Å². The number of hydrogen-bond donors (Lipinski definition) is 1. The maximum atomic E-state index is 9.14. The predicted octanol–water partition coefficient (Wildman–Crippen LogP) is 7.56. The number of benzene rings is 4. The molecule has 4 aromatic carbocycles. The molecule has 0 aliphatic heterocycles. The standard InChI is InChI=1S/C31H21N5O/c1-20-6-9-22(10-7-20)30-25-4-2-3-5-26(25)31(36-35-30)34-23-11-13-24(14-12-23)37-29-16-17-33-28-18-21(19-32)8-15-27(28)29/h2-18H,1H3,(H,34,36). The number of anilines is 2. The third-order valence-corrected chi connectivity index (χ3v) is 6.19. The molecule has 0 saturated heterocycles. The van der Waals surface area contributed by atoms with Crippen LogP contribution in [-0.2, 0) is 0 Å². The Morgan fingerprint density at radius 3 is 2.35 bits per heavy atom. The van der Waals surface area contributed by atoms with Gasteiger partial charge in [-0.1, -0.05) is 54.1 Å². The highest BCUT2D eigenvalue weighted by Gasteiger charge is 2.12. The van der Waals surface area contributed by atoms with Gasteiger partial charge in [0.25, 0.3) is 0 Å². The number of aryl methyl sites for hydroxylation is 1. The molecule has 6 rings (SSSR count). The smallest absolute Gasteiger partial charge is 0.161 e.